The van der Waals surface area contributed by atoms with Gasteiger partial charge in [-0.1, -0.05) is 57.5 Å². The van der Waals surface area contributed by atoms with Gasteiger partial charge in [-0.2, -0.15) is 0 Å². The van der Waals surface area contributed by atoms with E-state index in [2.05, 4.69) is 45.0 Å². The first kappa shape index (κ1) is 13.6. The highest BCUT2D eigenvalue weighted by Gasteiger charge is 2.34. The first-order valence-corrected chi connectivity index (χ1v) is 6.93. The van der Waals surface area contributed by atoms with Crippen LogP contribution in [0.3, 0.4) is 0 Å². The van der Waals surface area contributed by atoms with Gasteiger partial charge in [0.25, 0.3) is 0 Å². The van der Waals surface area contributed by atoms with Crippen LogP contribution in [0.5, 0.6) is 0 Å². The summed E-state index contributed by atoms with van der Waals surface area (Å²) >= 11 is 0. The zero-order valence-corrected chi connectivity index (χ0v) is 11.7. The molecule has 2 nitrogen and oxygen atoms in total. The molecule has 18 heavy (non-hydrogen) atoms. The van der Waals surface area contributed by atoms with Crippen LogP contribution < -0.4 is 0 Å². The van der Waals surface area contributed by atoms with E-state index in [1.54, 1.807) is 0 Å². The summed E-state index contributed by atoms with van der Waals surface area (Å²) in [5.41, 5.74) is 1.48. The Hall–Kier alpha value is -0.860. The monoisotopic (exact) mass is 248 g/mol. The second kappa shape index (κ2) is 5.85. The molecule has 100 valence electrons. The zero-order chi connectivity index (χ0) is 13.0. The summed E-state index contributed by atoms with van der Waals surface area (Å²) < 4.78 is 11.9. The third kappa shape index (κ3) is 3.12. The molecule has 1 aliphatic heterocycles. The van der Waals surface area contributed by atoms with Gasteiger partial charge in [0.2, 0.25) is 0 Å². The maximum Gasteiger partial charge on any atom is 0.164 e. The molecule has 1 aromatic rings. The lowest BCUT2D eigenvalue weighted by atomic mass is 9.86. The van der Waals surface area contributed by atoms with Crippen LogP contribution in [0.4, 0.5) is 0 Å². The molecule has 1 atom stereocenters. The van der Waals surface area contributed by atoms with Crippen molar-refractivity contribution in [2.45, 2.75) is 45.8 Å². The van der Waals surface area contributed by atoms with Crippen LogP contribution in [-0.2, 0) is 9.47 Å². The van der Waals surface area contributed by atoms with E-state index < -0.39 is 0 Å². The molecule has 0 bridgehead atoms. The van der Waals surface area contributed by atoms with Crippen LogP contribution in [0.2, 0.25) is 0 Å². The highest BCUT2D eigenvalue weighted by Crippen LogP contribution is 2.33. The molecule has 2 heteroatoms. The maximum atomic E-state index is 5.94. The Morgan fingerprint density at radius 3 is 2.39 bits per heavy atom. The predicted octanol–water partition coefficient (Wildman–Crippen LogP) is 3.97. The second-order valence-electron chi connectivity index (χ2n) is 5.75. The minimum absolute atomic E-state index is 0.0997. The van der Waals surface area contributed by atoms with Crippen molar-refractivity contribution >= 4 is 0 Å². The minimum Gasteiger partial charge on any atom is -0.351 e. The zero-order valence-electron chi connectivity index (χ0n) is 11.7. The molecule has 1 aromatic carbocycles. The van der Waals surface area contributed by atoms with Crippen molar-refractivity contribution in [3.63, 3.8) is 0 Å². The summed E-state index contributed by atoms with van der Waals surface area (Å²) in [6, 6.07) is 10.4. The molecule has 1 fully saturated rings. The van der Waals surface area contributed by atoms with Crippen LogP contribution in [0.15, 0.2) is 30.3 Å². The largest absolute Gasteiger partial charge is 0.351 e. The third-order valence-corrected chi connectivity index (χ3v) is 3.78. The van der Waals surface area contributed by atoms with Crippen molar-refractivity contribution in [2.24, 2.45) is 5.41 Å². The summed E-state index contributed by atoms with van der Waals surface area (Å²) in [4.78, 5) is 0. The molecule has 1 saturated heterocycles. The Balaban J connectivity index is 1.94. The Morgan fingerprint density at radius 1 is 1.22 bits per heavy atom. The number of rotatable bonds is 4. The molecule has 0 spiro atoms. The Kier molecular flexibility index (Phi) is 4.41. The molecule has 0 aromatic heterocycles. The van der Waals surface area contributed by atoms with Crippen molar-refractivity contribution in [2.75, 3.05) is 13.2 Å². The standard InChI is InChI=1S/C16H24O2/c1-4-10-16(3)11-17-15(18-12-16)13(2)14-8-6-5-7-9-14/h5-9,13,15H,4,10-12H2,1-3H3/t13-,15?,16?/m0/s1. The smallest absolute Gasteiger partial charge is 0.164 e. The number of benzene rings is 1. The van der Waals surface area contributed by atoms with Crippen molar-refractivity contribution < 1.29 is 9.47 Å². The SMILES string of the molecule is CCCC1(C)COC([C@@H](C)c2ccccc2)OC1. The minimum atomic E-state index is -0.0997. The summed E-state index contributed by atoms with van der Waals surface area (Å²) in [5, 5.41) is 0. The fourth-order valence-electron chi connectivity index (χ4n) is 2.61. The van der Waals surface area contributed by atoms with Crippen molar-refractivity contribution in [3.05, 3.63) is 35.9 Å². The van der Waals surface area contributed by atoms with Crippen LogP contribution in [-0.4, -0.2) is 19.5 Å². The van der Waals surface area contributed by atoms with Gasteiger partial charge in [0, 0.05) is 11.3 Å². The van der Waals surface area contributed by atoms with Gasteiger partial charge in [-0.25, -0.2) is 0 Å². The van der Waals surface area contributed by atoms with Gasteiger partial charge < -0.3 is 9.47 Å². The Bertz CT molecular complexity index is 353. The molecule has 0 N–H and O–H groups in total. The maximum absolute atomic E-state index is 5.94. The van der Waals surface area contributed by atoms with Crippen LogP contribution >= 0.6 is 0 Å². The Morgan fingerprint density at radius 2 is 1.83 bits per heavy atom. The van der Waals surface area contributed by atoms with Gasteiger partial charge in [-0.05, 0) is 12.0 Å². The average molecular weight is 248 g/mol. The Labute approximate surface area is 110 Å². The molecule has 0 unspecified atom stereocenters. The first-order valence-electron chi connectivity index (χ1n) is 6.93. The average Bonchev–Trinajstić information content (AvgIpc) is 2.40. The van der Waals surface area contributed by atoms with Crippen molar-refractivity contribution in [1.29, 1.82) is 0 Å². The van der Waals surface area contributed by atoms with Crippen molar-refractivity contribution in [3.8, 4) is 0 Å². The van der Waals surface area contributed by atoms with Gasteiger partial charge in [0.1, 0.15) is 0 Å². The summed E-state index contributed by atoms with van der Waals surface area (Å²) in [6.07, 6.45) is 2.25. The number of hydrogen-bond acceptors (Lipinski definition) is 2. The summed E-state index contributed by atoms with van der Waals surface area (Å²) in [7, 11) is 0. The molecule has 0 saturated carbocycles. The summed E-state index contributed by atoms with van der Waals surface area (Å²) in [6.45, 7) is 8.25. The molecule has 1 aliphatic rings. The van der Waals surface area contributed by atoms with E-state index in [0.717, 1.165) is 13.2 Å². The lowest BCUT2D eigenvalue weighted by Gasteiger charge is -2.39. The fraction of sp³-hybridized carbons (Fsp3) is 0.625. The fourth-order valence-corrected chi connectivity index (χ4v) is 2.61. The molecule has 2 rings (SSSR count). The highest BCUT2D eigenvalue weighted by atomic mass is 16.7. The van der Waals surface area contributed by atoms with E-state index in [4.69, 9.17) is 9.47 Å². The first-order chi connectivity index (χ1) is 8.64. The molecule has 1 heterocycles. The van der Waals surface area contributed by atoms with Gasteiger partial charge in [0.05, 0.1) is 13.2 Å². The number of hydrogen-bond donors (Lipinski definition) is 0. The van der Waals surface area contributed by atoms with E-state index in [9.17, 15) is 0 Å². The van der Waals surface area contributed by atoms with E-state index in [0.29, 0.717) is 0 Å². The van der Waals surface area contributed by atoms with E-state index in [1.807, 2.05) is 6.07 Å². The topological polar surface area (TPSA) is 18.5 Å². The lowest BCUT2D eigenvalue weighted by Crippen LogP contribution is -2.41. The predicted molar refractivity (Wildman–Crippen MR) is 73.6 cm³/mol. The quantitative estimate of drug-likeness (QED) is 0.802. The molecule has 0 amide bonds. The van der Waals surface area contributed by atoms with E-state index in [1.165, 1.54) is 18.4 Å². The second-order valence-corrected chi connectivity index (χ2v) is 5.75. The molecule has 0 aliphatic carbocycles. The normalized spacial score (nSPS) is 30.1. The third-order valence-electron chi connectivity index (χ3n) is 3.78. The summed E-state index contributed by atoms with van der Waals surface area (Å²) in [5.74, 6) is 0.289. The van der Waals surface area contributed by atoms with Gasteiger partial charge in [-0.3, -0.25) is 0 Å². The molecular formula is C16H24O2. The van der Waals surface area contributed by atoms with Gasteiger partial charge >= 0.3 is 0 Å². The van der Waals surface area contributed by atoms with Crippen LogP contribution in [0.25, 0.3) is 0 Å². The van der Waals surface area contributed by atoms with Gasteiger partial charge in [0.15, 0.2) is 6.29 Å². The van der Waals surface area contributed by atoms with E-state index in [-0.39, 0.29) is 17.6 Å². The van der Waals surface area contributed by atoms with Crippen LogP contribution in [0, 0.1) is 5.41 Å². The highest BCUT2D eigenvalue weighted by molar-refractivity contribution is 5.19. The number of ether oxygens (including phenoxy) is 2. The van der Waals surface area contributed by atoms with Crippen molar-refractivity contribution in [1.82, 2.24) is 0 Å². The molecule has 0 radical (unpaired) electrons. The lowest BCUT2D eigenvalue weighted by molar-refractivity contribution is -0.234. The van der Waals surface area contributed by atoms with Gasteiger partial charge in [-0.15, -0.1) is 0 Å². The van der Waals surface area contributed by atoms with E-state index >= 15 is 0 Å². The van der Waals surface area contributed by atoms with Crippen LogP contribution in [0.1, 0.15) is 45.1 Å². The molecular weight excluding hydrogens is 224 g/mol.